The highest BCUT2D eigenvalue weighted by atomic mass is 14.5. The third-order valence-electron chi connectivity index (χ3n) is 8.88. The molecule has 222 valence electrons. The molecule has 0 saturated heterocycles. The predicted molar refractivity (Wildman–Crippen MR) is 183 cm³/mol. The number of rotatable bonds is 16. The Hall–Kier alpha value is -3.52. The lowest BCUT2D eigenvalue weighted by molar-refractivity contribution is 0.474. The first-order valence-electron chi connectivity index (χ1n) is 16.4. The van der Waals surface area contributed by atoms with Gasteiger partial charge in [-0.25, -0.2) is 0 Å². The van der Waals surface area contributed by atoms with Gasteiger partial charge in [-0.05, 0) is 89.2 Å². The van der Waals surface area contributed by atoms with Gasteiger partial charge in [-0.2, -0.15) is 0 Å². The highest BCUT2D eigenvalue weighted by Crippen LogP contribution is 2.33. The summed E-state index contributed by atoms with van der Waals surface area (Å²) in [5.74, 6) is 1.51. The van der Waals surface area contributed by atoms with Gasteiger partial charge < -0.3 is 11.5 Å². The number of benzene rings is 4. The molecule has 4 N–H and O–H groups in total. The fourth-order valence-electron chi connectivity index (χ4n) is 6.45. The van der Waals surface area contributed by atoms with Crippen molar-refractivity contribution < 1.29 is 0 Å². The monoisotopic (exact) mass is 560 g/mol. The van der Waals surface area contributed by atoms with E-state index in [0.717, 1.165) is 24.2 Å². The van der Waals surface area contributed by atoms with Crippen LogP contribution in [0.5, 0.6) is 0 Å². The molecule has 0 spiro atoms. The van der Waals surface area contributed by atoms with Gasteiger partial charge in [-0.1, -0.05) is 132 Å². The van der Waals surface area contributed by atoms with E-state index >= 15 is 0 Å². The zero-order valence-corrected chi connectivity index (χ0v) is 26.2. The number of nitrogen functional groups attached to an aromatic ring is 2. The first-order chi connectivity index (χ1) is 20.5. The molecule has 2 unspecified atom stereocenters. The van der Waals surface area contributed by atoms with E-state index in [9.17, 15) is 0 Å². The maximum atomic E-state index is 5.97. The molecular formula is C40H52N2. The van der Waals surface area contributed by atoms with Crippen molar-refractivity contribution in [1.29, 1.82) is 0 Å². The topological polar surface area (TPSA) is 52.0 Å². The molecule has 0 aromatic heterocycles. The fourth-order valence-corrected chi connectivity index (χ4v) is 6.45. The summed E-state index contributed by atoms with van der Waals surface area (Å²) in [6.07, 6.45) is 11.9. The molecule has 2 nitrogen and oxygen atoms in total. The van der Waals surface area contributed by atoms with Gasteiger partial charge in [0, 0.05) is 23.2 Å². The van der Waals surface area contributed by atoms with Crippen LogP contribution in [-0.4, -0.2) is 0 Å². The van der Waals surface area contributed by atoms with Crippen LogP contribution in [-0.2, 0) is 12.8 Å². The summed E-state index contributed by atoms with van der Waals surface area (Å²) >= 11 is 0. The fraction of sp³-hybridized carbons (Fsp3) is 0.400. The van der Waals surface area contributed by atoms with Crippen molar-refractivity contribution in [3.63, 3.8) is 0 Å². The van der Waals surface area contributed by atoms with Crippen LogP contribution in [0.25, 0.3) is 0 Å². The van der Waals surface area contributed by atoms with E-state index in [0.29, 0.717) is 17.8 Å². The number of anilines is 2. The van der Waals surface area contributed by atoms with E-state index in [1.165, 1.54) is 84.7 Å². The molecule has 4 aromatic carbocycles. The lowest BCUT2D eigenvalue weighted by Gasteiger charge is -2.21. The van der Waals surface area contributed by atoms with Gasteiger partial charge in [0.05, 0.1) is 0 Å². The molecule has 0 saturated carbocycles. The van der Waals surface area contributed by atoms with Crippen molar-refractivity contribution in [2.24, 2.45) is 5.92 Å². The molecular weight excluding hydrogens is 508 g/mol. The predicted octanol–water partition coefficient (Wildman–Crippen LogP) is 10.7. The molecule has 0 fully saturated rings. The summed E-state index contributed by atoms with van der Waals surface area (Å²) in [4.78, 5) is 0. The second-order valence-electron chi connectivity index (χ2n) is 12.3. The Morgan fingerprint density at radius 3 is 1.07 bits per heavy atom. The Balaban J connectivity index is 1.44. The minimum atomic E-state index is 0.430. The van der Waals surface area contributed by atoms with Crippen LogP contribution in [0.15, 0.2) is 97.1 Å². The van der Waals surface area contributed by atoms with E-state index in [2.05, 4.69) is 93.6 Å². The first kappa shape index (κ1) is 31.4. The van der Waals surface area contributed by atoms with Crippen LogP contribution in [0.2, 0.25) is 0 Å². The number of nitrogens with two attached hydrogens (primary N) is 2. The van der Waals surface area contributed by atoms with Crippen LogP contribution in [0.3, 0.4) is 0 Å². The van der Waals surface area contributed by atoms with Gasteiger partial charge >= 0.3 is 0 Å². The van der Waals surface area contributed by atoms with Crippen LogP contribution < -0.4 is 11.5 Å². The van der Waals surface area contributed by atoms with E-state index < -0.39 is 0 Å². The Morgan fingerprint density at radius 2 is 0.762 bits per heavy atom. The minimum absolute atomic E-state index is 0.430. The lowest BCUT2D eigenvalue weighted by atomic mass is 9.84. The summed E-state index contributed by atoms with van der Waals surface area (Å²) in [6, 6.07) is 36.0. The van der Waals surface area contributed by atoms with Gasteiger partial charge in [-0.15, -0.1) is 0 Å². The molecule has 2 heteroatoms. The zero-order valence-electron chi connectivity index (χ0n) is 26.2. The van der Waals surface area contributed by atoms with Gasteiger partial charge in [0.25, 0.3) is 0 Å². The molecule has 4 aromatic rings. The maximum Gasteiger partial charge on any atom is 0.0314 e. The lowest BCUT2D eigenvalue weighted by Crippen LogP contribution is -2.09. The standard InChI is InChI=1S/C40H52N2/c1-4-7-10-39(35-20-24-37(41)25-21-35)33-16-12-30(13-17-33)28-32(9-6-3)29-31-14-18-34(19-15-31)40(11-8-5-2)36-22-26-38(42)27-23-36/h12-27,32,39-40H,4-11,28-29,41-42H2,1-3H3. The average Bonchev–Trinajstić information content (AvgIpc) is 3.01. The Bertz CT molecular complexity index is 1200. The normalized spacial score (nSPS) is 13.5. The molecule has 0 aliphatic heterocycles. The quantitative estimate of drug-likeness (QED) is 0.134. The highest BCUT2D eigenvalue weighted by molar-refractivity contribution is 5.44. The first-order valence-corrected chi connectivity index (χ1v) is 16.4. The van der Waals surface area contributed by atoms with Gasteiger partial charge in [-0.3, -0.25) is 0 Å². The SMILES string of the molecule is CCCCC(c1ccc(N)cc1)c1ccc(CC(CCC)Cc2ccc(C(CCCC)c3ccc(N)cc3)cc2)cc1. The highest BCUT2D eigenvalue weighted by Gasteiger charge is 2.17. The molecule has 0 aliphatic rings. The Kier molecular flexibility index (Phi) is 12.1. The summed E-state index contributed by atoms with van der Waals surface area (Å²) in [5, 5.41) is 0. The number of hydrogen-bond donors (Lipinski definition) is 2. The molecule has 0 aliphatic carbocycles. The van der Waals surface area contributed by atoms with Crippen LogP contribution in [0.4, 0.5) is 11.4 Å². The van der Waals surface area contributed by atoms with Crippen LogP contribution in [0, 0.1) is 5.92 Å². The third kappa shape index (κ3) is 8.99. The average molecular weight is 561 g/mol. The van der Waals surface area contributed by atoms with E-state index in [4.69, 9.17) is 11.5 Å². The molecule has 0 bridgehead atoms. The van der Waals surface area contributed by atoms with Crippen molar-refractivity contribution in [1.82, 2.24) is 0 Å². The molecule has 4 rings (SSSR count). The van der Waals surface area contributed by atoms with Gasteiger partial charge in [0.15, 0.2) is 0 Å². The van der Waals surface area contributed by atoms with Crippen molar-refractivity contribution in [2.75, 3.05) is 11.5 Å². The Morgan fingerprint density at radius 1 is 0.429 bits per heavy atom. The Labute approximate surface area is 255 Å². The summed E-state index contributed by atoms with van der Waals surface area (Å²) in [7, 11) is 0. The second-order valence-corrected chi connectivity index (χ2v) is 12.3. The van der Waals surface area contributed by atoms with Crippen molar-refractivity contribution in [3.8, 4) is 0 Å². The summed E-state index contributed by atoms with van der Waals surface area (Å²) < 4.78 is 0. The van der Waals surface area contributed by atoms with Crippen LogP contribution in [0.1, 0.15) is 117 Å². The van der Waals surface area contributed by atoms with E-state index in [-0.39, 0.29) is 0 Å². The molecule has 0 radical (unpaired) electrons. The van der Waals surface area contributed by atoms with Crippen LogP contribution >= 0.6 is 0 Å². The number of unbranched alkanes of at least 4 members (excludes halogenated alkanes) is 2. The summed E-state index contributed by atoms with van der Waals surface area (Å²) in [5.41, 5.74) is 22.1. The zero-order chi connectivity index (χ0) is 29.7. The molecule has 2 atom stereocenters. The van der Waals surface area contributed by atoms with Gasteiger partial charge in [0.1, 0.15) is 0 Å². The summed E-state index contributed by atoms with van der Waals surface area (Å²) in [6.45, 7) is 6.86. The second kappa shape index (κ2) is 16.2. The smallest absolute Gasteiger partial charge is 0.0314 e. The van der Waals surface area contributed by atoms with Crippen molar-refractivity contribution >= 4 is 11.4 Å². The van der Waals surface area contributed by atoms with Gasteiger partial charge in [0.2, 0.25) is 0 Å². The molecule has 0 amide bonds. The van der Waals surface area contributed by atoms with Crippen molar-refractivity contribution in [2.45, 2.75) is 96.8 Å². The minimum Gasteiger partial charge on any atom is -0.399 e. The third-order valence-corrected chi connectivity index (χ3v) is 8.88. The van der Waals surface area contributed by atoms with E-state index in [1.54, 1.807) is 0 Å². The van der Waals surface area contributed by atoms with E-state index in [1.807, 2.05) is 24.3 Å². The van der Waals surface area contributed by atoms with Crippen molar-refractivity contribution in [3.05, 3.63) is 130 Å². The largest absolute Gasteiger partial charge is 0.399 e. The molecule has 0 heterocycles. The maximum absolute atomic E-state index is 5.97. The number of hydrogen-bond acceptors (Lipinski definition) is 2. The molecule has 42 heavy (non-hydrogen) atoms.